The smallest absolute Gasteiger partial charge is 0.0451 e. The van der Waals surface area contributed by atoms with Gasteiger partial charge in [0, 0.05) is 37.0 Å². The van der Waals surface area contributed by atoms with E-state index in [-0.39, 0.29) is 0 Å². The molecule has 1 aliphatic rings. The highest BCUT2D eigenvalue weighted by Gasteiger charge is 2.14. The summed E-state index contributed by atoms with van der Waals surface area (Å²) in [5, 5.41) is 5.36. The highest BCUT2D eigenvalue weighted by Crippen LogP contribution is 2.13. The molecule has 2 rings (SSSR count). The number of rotatable bonds is 4. The second-order valence-electron chi connectivity index (χ2n) is 5.02. The maximum atomic E-state index is 3.72. The Labute approximate surface area is 133 Å². The summed E-state index contributed by atoms with van der Waals surface area (Å²) in [4.78, 5) is 10.9. The number of hydrogen-bond acceptors (Lipinski definition) is 5. The van der Waals surface area contributed by atoms with Crippen LogP contribution in [0.3, 0.4) is 0 Å². The number of aliphatic imine (C=N–C) groups is 1. The maximum Gasteiger partial charge on any atom is 0.0451 e. The molecule has 21 heavy (non-hydrogen) atoms. The molecule has 4 nitrogen and oxygen atoms in total. The number of nitrogens with zero attached hydrogens (tertiary/aromatic N) is 3. The van der Waals surface area contributed by atoms with E-state index < -0.39 is 0 Å². The lowest BCUT2D eigenvalue weighted by Crippen LogP contribution is -2.22. The van der Waals surface area contributed by atoms with Crippen molar-refractivity contribution < 1.29 is 0 Å². The first-order chi connectivity index (χ1) is 10.2. The Bertz CT molecular complexity index is 322. The zero-order chi connectivity index (χ0) is 15.8. The van der Waals surface area contributed by atoms with Crippen LogP contribution >= 0.6 is 11.8 Å². The standard InChI is InChI=1S/C8H17N.C4H4N2.C4H7NS/c1-7(2)6-8-4-3-5-9-8;1-2-6-4-3-5-1;1-5-3-4-6-2/h7-9H,3-6H2,1-2H3;1-4H;3-4H,1H2,2H3/b;;4-3-. The first kappa shape index (κ1) is 19.8. The fourth-order valence-electron chi connectivity index (χ4n) is 1.88. The molecule has 0 aromatic carbocycles. The van der Waals surface area contributed by atoms with Crippen molar-refractivity contribution in [2.24, 2.45) is 10.9 Å². The Morgan fingerprint density at radius 2 is 1.95 bits per heavy atom. The lowest BCUT2D eigenvalue weighted by molar-refractivity contribution is 0.464. The lowest BCUT2D eigenvalue weighted by atomic mass is 10.0. The molecule has 0 saturated carbocycles. The van der Waals surface area contributed by atoms with Gasteiger partial charge in [-0.05, 0) is 50.1 Å². The molecule has 1 aromatic rings. The summed E-state index contributed by atoms with van der Waals surface area (Å²) < 4.78 is 0. The van der Waals surface area contributed by atoms with E-state index in [1.165, 1.54) is 25.8 Å². The maximum absolute atomic E-state index is 3.72. The Morgan fingerprint density at radius 1 is 1.33 bits per heavy atom. The van der Waals surface area contributed by atoms with Crippen molar-refractivity contribution in [1.29, 1.82) is 0 Å². The van der Waals surface area contributed by atoms with Crippen LogP contribution in [0.4, 0.5) is 0 Å². The van der Waals surface area contributed by atoms with Gasteiger partial charge in [-0.3, -0.25) is 15.0 Å². The van der Waals surface area contributed by atoms with Crippen molar-refractivity contribution in [3.05, 3.63) is 36.4 Å². The molecule has 2 heterocycles. The first-order valence-corrected chi connectivity index (χ1v) is 8.56. The van der Waals surface area contributed by atoms with Crippen molar-refractivity contribution in [3.63, 3.8) is 0 Å². The molecule has 0 bridgehead atoms. The molecule has 0 radical (unpaired) electrons. The molecule has 0 amide bonds. The molecule has 118 valence electrons. The van der Waals surface area contributed by atoms with Crippen molar-refractivity contribution >= 4 is 18.5 Å². The van der Waals surface area contributed by atoms with Gasteiger partial charge >= 0.3 is 0 Å². The minimum absolute atomic E-state index is 0.838. The van der Waals surface area contributed by atoms with Gasteiger partial charge in [-0.2, -0.15) is 0 Å². The SMILES string of the molecule is C=N/C=C\SC.CC(C)CC1CCCN1.c1cnccn1. The summed E-state index contributed by atoms with van der Waals surface area (Å²) in [5.74, 6) is 0.862. The summed E-state index contributed by atoms with van der Waals surface area (Å²) in [6.07, 6.45) is 14.3. The number of thioether (sulfide) groups is 1. The summed E-state index contributed by atoms with van der Waals surface area (Å²) in [7, 11) is 0. The van der Waals surface area contributed by atoms with Crippen molar-refractivity contribution in [2.45, 2.75) is 39.2 Å². The fraction of sp³-hybridized carbons (Fsp3) is 0.562. The molecule has 1 saturated heterocycles. The van der Waals surface area contributed by atoms with Crippen LogP contribution in [-0.2, 0) is 0 Å². The molecule has 0 aliphatic carbocycles. The summed E-state index contributed by atoms with van der Waals surface area (Å²) >= 11 is 1.61. The van der Waals surface area contributed by atoms with E-state index in [1.54, 1.807) is 42.7 Å². The normalized spacial score (nSPS) is 16.9. The molecule has 1 fully saturated rings. The Hall–Kier alpha value is -1.20. The molecular weight excluding hydrogens is 280 g/mol. The van der Waals surface area contributed by atoms with E-state index in [1.807, 2.05) is 11.7 Å². The number of nitrogens with one attached hydrogen (secondary N) is 1. The third kappa shape index (κ3) is 15.0. The monoisotopic (exact) mass is 308 g/mol. The van der Waals surface area contributed by atoms with Crippen LogP contribution in [0.5, 0.6) is 0 Å². The van der Waals surface area contributed by atoms with Crippen LogP contribution < -0.4 is 5.32 Å². The highest BCUT2D eigenvalue weighted by molar-refractivity contribution is 8.01. The molecule has 1 unspecified atom stereocenters. The lowest BCUT2D eigenvalue weighted by Gasteiger charge is -2.11. The second kappa shape index (κ2) is 15.2. The van der Waals surface area contributed by atoms with E-state index in [0.29, 0.717) is 0 Å². The molecule has 1 N–H and O–H groups in total. The number of hydrogen-bond donors (Lipinski definition) is 1. The Morgan fingerprint density at radius 3 is 2.24 bits per heavy atom. The molecule has 5 heteroatoms. The van der Waals surface area contributed by atoms with Gasteiger partial charge in [0.2, 0.25) is 0 Å². The third-order valence-electron chi connectivity index (χ3n) is 2.70. The highest BCUT2D eigenvalue weighted by atomic mass is 32.2. The van der Waals surface area contributed by atoms with E-state index in [9.17, 15) is 0 Å². The van der Waals surface area contributed by atoms with Gasteiger partial charge in [0.25, 0.3) is 0 Å². The molecule has 0 spiro atoms. The molecule has 1 aliphatic heterocycles. The van der Waals surface area contributed by atoms with E-state index in [0.717, 1.165) is 12.0 Å². The van der Waals surface area contributed by atoms with E-state index in [2.05, 4.69) is 40.8 Å². The van der Waals surface area contributed by atoms with Gasteiger partial charge in [-0.1, -0.05) is 13.8 Å². The minimum Gasteiger partial charge on any atom is -0.314 e. The predicted octanol–water partition coefficient (Wildman–Crippen LogP) is 3.78. The number of aromatic nitrogens is 2. The van der Waals surface area contributed by atoms with Crippen LogP contribution in [0, 0.1) is 5.92 Å². The van der Waals surface area contributed by atoms with Gasteiger partial charge in [-0.15, -0.1) is 11.8 Å². The largest absolute Gasteiger partial charge is 0.314 e. The van der Waals surface area contributed by atoms with E-state index >= 15 is 0 Å². The minimum atomic E-state index is 0.838. The Balaban J connectivity index is 0.000000297. The quantitative estimate of drug-likeness (QED) is 0.860. The average Bonchev–Trinajstić information content (AvgIpc) is 3.00. The average molecular weight is 308 g/mol. The summed E-state index contributed by atoms with van der Waals surface area (Å²) in [6.45, 7) is 9.08. The zero-order valence-corrected chi connectivity index (χ0v) is 14.2. The van der Waals surface area contributed by atoms with Gasteiger partial charge < -0.3 is 5.32 Å². The molecule has 1 atom stereocenters. The second-order valence-corrected chi connectivity index (χ2v) is 5.76. The van der Waals surface area contributed by atoms with Gasteiger partial charge in [0.15, 0.2) is 0 Å². The van der Waals surface area contributed by atoms with Crippen molar-refractivity contribution in [1.82, 2.24) is 15.3 Å². The van der Waals surface area contributed by atoms with Crippen molar-refractivity contribution in [3.8, 4) is 0 Å². The van der Waals surface area contributed by atoms with Crippen LogP contribution in [-0.4, -0.2) is 35.5 Å². The molecular formula is C16H28N4S. The third-order valence-corrected chi connectivity index (χ3v) is 3.09. The molecule has 1 aromatic heterocycles. The fourth-order valence-corrected chi connectivity index (χ4v) is 2.09. The van der Waals surface area contributed by atoms with Gasteiger partial charge in [0.1, 0.15) is 0 Å². The topological polar surface area (TPSA) is 50.2 Å². The first-order valence-electron chi connectivity index (χ1n) is 7.27. The zero-order valence-electron chi connectivity index (χ0n) is 13.4. The van der Waals surface area contributed by atoms with E-state index in [4.69, 9.17) is 0 Å². The van der Waals surface area contributed by atoms with Gasteiger partial charge in [-0.25, -0.2) is 0 Å². The van der Waals surface area contributed by atoms with Gasteiger partial charge in [0.05, 0.1) is 0 Å². The van der Waals surface area contributed by atoms with Crippen LogP contribution in [0.15, 0.2) is 41.4 Å². The predicted molar refractivity (Wildman–Crippen MR) is 94.7 cm³/mol. The van der Waals surface area contributed by atoms with Crippen molar-refractivity contribution in [2.75, 3.05) is 12.8 Å². The summed E-state index contributed by atoms with van der Waals surface area (Å²) in [6, 6.07) is 0.838. The summed E-state index contributed by atoms with van der Waals surface area (Å²) in [5.41, 5.74) is 0. The van der Waals surface area contributed by atoms with Crippen LogP contribution in [0.1, 0.15) is 33.1 Å². The van der Waals surface area contributed by atoms with Crippen LogP contribution in [0.25, 0.3) is 0 Å². The van der Waals surface area contributed by atoms with Crippen LogP contribution in [0.2, 0.25) is 0 Å². The Kier molecular flexibility index (Phi) is 14.3.